The van der Waals surface area contributed by atoms with Gasteiger partial charge in [-0.05, 0) is 11.8 Å². The minimum absolute atomic E-state index is 0.130. The zero-order valence-corrected chi connectivity index (χ0v) is 15.7. The summed E-state index contributed by atoms with van der Waals surface area (Å²) in [6.07, 6.45) is 1.20. The van der Waals surface area contributed by atoms with Crippen LogP contribution in [0.15, 0.2) is 39.0 Å². The van der Waals surface area contributed by atoms with Crippen LogP contribution in [-0.2, 0) is 16.1 Å². The van der Waals surface area contributed by atoms with Gasteiger partial charge in [0.15, 0.2) is 8.68 Å². The molecule has 2 amide bonds. The predicted octanol–water partition coefficient (Wildman–Crippen LogP) is 3.44. The molecule has 0 aliphatic rings. The fraction of sp³-hybridized carbons (Fsp3) is 0.333. The van der Waals surface area contributed by atoms with Crippen LogP contribution in [0.2, 0.25) is 0 Å². The van der Waals surface area contributed by atoms with Crippen molar-refractivity contribution in [3.05, 3.63) is 35.9 Å². The molecule has 24 heavy (non-hydrogen) atoms. The summed E-state index contributed by atoms with van der Waals surface area (Å²) in [5.74, 6) is -0.197. The Hall–Kier alpha value is -1.58. The van der Waals surface area contributed by atoms with Gasteiger partial charge in [0.05, 0.1) is 0 Å². The predicted molar refractivity (Wildman–Crippen MR) is 96.3 cm³/mol. The first-order chi connectivity index (χ1) is 11.6. The first-order valence-corrected chi connectivity index (χ1v) is 10.1. The van der Waals surface area contributed by atoms with Crippen molar-refractivity contribution in [1.82, 2.24) is 15.5 Å². The molecule has 1 unspecified atom stereocenters. The normalized spacial score (nSPS) is 11.8. The van der Waals surface area contributed by atoms with Gasteiger partial charge in [-0.25, -0.2) is 4.79 Å². The molecule has 128 valence electrons. The molecule has 1 N–H and O–H groups in total. The van der Waals surface area contributed by atoms with Crippen LogP contribution in [0, 0.1) is 5.92 Å². The van der Waals surface area contributed by atoms with Crippen LogP contribution < -0.4 is 5.32 Å². The Bertz CT molecular complexity index is 679. The lowest BCUT2D eigenvalue weighted by Gasteiger charge is -2.10. The Balaban J connectivity index is 1.71. The van der Waals surface area contributed by atoms with Gasteiger partial charge in [0.1, 0.15) is 6.61 Å². The van der Waals surface area contributed by atoms with Crippen LogP contribution in [-0.4, -0.2) is 34.2 Å². The van der Waals surface area contributed by atoms with Crippen LogP contribution in [0.4, 0.5) is 4.79 Å². The van der Waals surface area contributed by atoms with Crippen molar-refractivity contribution in [2.75, 3.05) is 12.0 Å². The summed E-state index contributed by atoms with van der Waals surface area (Å²) in [4.78, 5) is 23.6. The topological polar surface area (TPSA) is 81.2 Å². The van der Waals surface area contributed by atoms with Gasteiger partial charge in [-0.2, -0.15) is 0 Å². The van der Waals surface area contributed by atoms with Gasteiger partial charge in [-0.15, -0.1) is 10.2 Å². The smallest absolute Gasteiger partial charge is 0.414 e. The van der Waals surface area contributed by atoms with E-state index in [0.29, 0.717) is 5.75 Å². The molecule has 9 heteroatoms. The minimum atomic E-state index is -0.735. The second-order valence-corrected chi connectivity index (χ2v) is 8.10. The van der Waals surface area contributed by atoms with Gasteiger partial charge in [0.25, 0.3) is 0 Å². The average molecular weight is 384 g/mol. The second-order valence-electron chi connectivity index (χ2n) is 4.80. The number of benzene rings is 1. The number of hydrogen-bond acceptors (Lipinski definition) is 8. The number of aromatic nitrogens is 2. The van der Waals surface area contributed by atoms with Gasteiger partial charge < -0.3 is 4.74 Å². The molecule has 0 fully saturated rings. The third kappa shape index (κ3) is 6.14. The number of hydrogen-bond donors (Lipinski definition) is 1. The van der Waals surface area contributed by atoms with Gasteiger partial charge >= 0.3 is 6.09 Å². The van der Waals surface area contributed by atoms with Crippen LogP contribution in [0.5, 0.6) is 0 Å². The van der Waals surface area contributed by atoms with Crippen LogP contribution in [0.3, 0.4) is 0 Å². The number of carbonyl (C=O) groups excluding carboxylic acids is 2. The van der Waals surface area contributed by atoms with E-state index in [-0.39, 0.29) is 18.4 Å². The molecule has 1 atom stereocenters. The molecule has 6 nitrogen and oxygen atoms in total. The third-order valence-electron chi connectivity index (χ3n) is 2.90. The molecule has 0 aliphatic carbocycles. The molecular formula is C15H17N3O3S3. The number of nitrogens with zero attached hydrogens (tertiary/aromatic N) is 2. The molecular weight excluding hydrogens is 366 g/mol. The van der Waals surface area contributed by atoms with E-state index in [0.717, 1.165) is 14.2 Å². The highest BCUT2D eigenvalue weighted by atomic mass is 32.2. The number of amides is 2. The van der Waals surface area contributed by atoms with Crippen molar-refractivity contribution < 1.29 is 14.3 Å². The quantitative estimate of drug-likeness (QED) is 0.734. The van der Waals surface area contributed by atoms with Crippen molar-refractivity contribution in [2.45, 2.75) is 22.2 Å². The Morgan fingerprint density at radius 1 is 1.25 bits per heavy atom. The fourth-order valence-corrected chi connectivity index (χ4v) is 4.08. The summed E-state index contributed by atoms with van der Waals surface area (Å²) >= 11 is 4.47. The number of carbonyl (C=O) groups is 2. The standard InChI is InChI=1S/C15H17N3O3S3/c1-10(9-23-15-18-17-14(22-2)24-15)12(19)16-13(20)21-8-11-6-4-3-5-7-11/h3-7,10H,8-9H2,1-2H3,(H,16,19,20). The molecule has 0 bridgehead atoms. The Labute approximate surface area is 152 Å². The van der Waals surface area contributed by atoms with Crippen molar-refractivity contribution in [3.8, 4) is 0 Å². The van der Waals surface area contributed by atoms with E-state index in [1.54, 1.807) is 6.92 Å². The summed E-state index contributed by atoms with van der Waals surface area (Å²) in [5.41, 5.74) is 0.865. The number of nitrogens with one attached hydrogen (secondary N) is 1. The van der Waals surface area contributed by atoms with E-state index in [1.165, 1.54) is 34.9 Å². The van der Waals surface area contributed by atoms with Crippen LogP contribution in [0.25, 0.3) is 0 Å². The second kappa shape index (κ2) is 9.65. The molecule has 0 radical (unpaired) electrons. The summed E-state index contributed by atoms with van der Waals surface area (Å²) in [7, 11) is 0. The highest BCUT2D eigenvalue weighted by Crippen LogP contribution is 2.28. The molecule has 1 aromatic heterocycles. The highest BCUT2D eigenvalue weighted by Gasteiger charge is 2.18. The van der Waals surface area contributed by atoms with Crippen molar-refractivity contribution in [2.24, 2.45) is 5.92 Å². The molecule has 1 heterocycles. The molecule has 0 saturated heterocycles. The van der Waals surface area contributed by atoms with Gasteiger partial charge in [0, 0.05) is 11.7 Å². The number of rotatable bonds is 7. The Morgan fingerprint density at radius 3 is 2.62 bits per heavy atom. The van der Waals surface area contributed by atoms with Gasteiger partial charge in [0.2, 0.25) is 5.91 Å². The maximum absolute atomic E-state index is 12.0. The number of imide groups is 1. The van der Waals surface area contributed by atoms with Gasteiger partial charge in [-0.3, -0.25) is 10.1 Å². The Morgan fingerprint density at radius 2 is 1.96 bits per heavy atom. The monoisotopic (exact) mass is 383 g/mol. The lowest BCUT2D eigenvalue weighted by Crippen LogP contribution is -2.35. The lowest BCUT2D eigenvalue weighted by molar-refractivity contribution is -0.123. The van der Waals surface area contributed by atoms with E-state index >= 15 is 0 Å². The molecule has 2 rings (SSSR count). The molecule has 1 aromatic carbocycles. The molecule has 2 aromatic rings. The third-order valence-corrected chi connectivity index (χ3v) is 6.20. The highest BCUT2D eigenvalue weighted by molar-refractivity contribution is 8.02. The summed E-state index contributed by atoms with van der Waals surface area (Å²) in [6.45, 7) is 1.88. The van der Waals surface area contributed by atoms with Crippen LogP contribution in [0.1, 0.15) is 12.5 Å². The first-order valence-electron chi connectivity index (χ1n) is 7.10. The van der Waals surface area contributed by atoms with Crippen molar-refractivity contribution in [1.29, 1.82) is 0 Å². The maximum Gasteiger partial charge on any atom is 0.414 e. The van der Waals surface area contributed by atoms with E-state index in [1.807, 2.05) is 36.6 Å². The van der Waals surface area contributed by atoms with Crippen LogP contribution >= 0.6 is 34.9 Å². The summed E-state index contributed by atoms with van der Waals surface area (Å²) in [5, 5.41) is 10.3. The zero-order chi connectivity index (χ0) is 17.4. The average Bonchev–Trinajstić information content (AvgIpc) is 3.07. The number of ether oxygens (including phenoxy) is 1. The molecule has 0 spiro atoms. The van der Waals surface area contributed by atoms with Crippen molar-refractivity contribution >= 4 is 46.9 Å². The maximum atomic E-state index is 12.0. The zero-order valence-electron chi connectivity index (χ0n) is 13.2. The lowest BCUT2D eigenvalue weighted by atomic mass is 10.2. The fourth-order valence-electron chi connectivity index (χ4n) is 1.59. The van der Waals surface area contributed by atoms with E-state index in [4.69, 9.17) is 4.74 Å². The summed E-state index contributed by atoms with van der Waals surface area (Å²) in [6, 6.07) is 9.29. The number of alkyl carbamates (subject to hydrolysis) is 1. The first kappa shape index (κ1) is 18.8. The Kier molecular flexibility index (Phi) is 7.54. The van der Waals surface area contributed by atoms with Gasteiger partial charge in [-0.1, -0.05) is 72.1 Å². The molecule has 0 saturated carbocycles. The summed E-state index contributed by atoms with van der Waals surface area (Å²) < 4.78 is 6.73. The minimum Gasteiger partial charge on any atom is -0.444 e. The van der Waals surface area contributed by atoms with E-state index < -0.39 is 6.09 Å². The van der Waals surface area contributed by atoms with Crippen molar-refractivity contribution in [3.63, 3.8) is 0 Å². The van der Waals surface area contributed by atoms with E-state index in [2.05, 4.69) is 15.5 Å². The SMILES string of the molecule is CSc1nnc(SCC(C)C(=O)NC(=O)OCc2ccccc2)s1. The number of thioether (sulfide) groups is 2. The van der Waals surface area contributed by atoms with E-state index in [9.17, 15) is 9.59 Å². The molecule has 0 aliphatic heterocycles. The largest absolute Gasteiger partial charge is 0.444 e.